The summed E-state index contributed by atoms with van der Waals surface area (Å²) in [6, 6.07) is 15.2. The SMILES string of the molecule is O=[N+]([O-])c1ccc(S(=O)(=O)N2I3CCCCC23c2ccccc2)cc1. The molecule has 0 aromatic heterocycles. The van der Waals surface area contributed by atoms with Crippen LogP contribution in [0.3, 0.4) is 0 Å². The molecule has 0 spiro atoms. The molecule has 0 amide bonds. The molecule has 2 saturated heterocycles. The molecule has 2 fully saturated rings. The van der Waals surface area contributed by atoms with E-state index in [2.05, 4.69) is 0 Å². The van der Waals surface area contributed by atoms with E-state index in [0.29, 0.717) is 0 Å². The van der Waals surface area contributed by atoms with Crippen molar-refractivity contribution in [3.8, 4) is 0 Å². The molecule has 132 valence electrons. The third kappa shape index (κ3) is 2.58. The van der Waals surface area contributed by atoms with Crippen molar-refractivity contribution in [2.24, 2.45) is 0 Å². The molecular weight excluding hydrogens is 455 g/mol. The Bertz CT molecular complexity index is 917. The van der Waals surface area contributed by atoms with Gasteiger partial charge in [-0.2, -0.15) is 0 Å². The maximum absolute atomic E-state index is 13.2. The molecule has 2 aliphatic rings. The van der Waals surface area contributed by atoms with E-state index in [-0.39, 0.29) is 14.1 Å². The summed E-state index contributed by atoms with van der Waals surface area (Å²) in [5, 5.41) is 10.8. The number of nitro groups is 1. The van der Waals surface area contributed by atoms with Crippen LogP contribution in [0.25, 0.3) is 0 Å². The fourth-order valence-electron chi connectivity index (χ4n) is 3.44. The van der Waals surface area contributed by atoms with Crippen molar-refractivity contribution in [2.75, 3.05) is 4.43 Å². The van der Waals surface area contributed by atoms with Crippen LogP contribution in [-0.2, 0) is 13.6 Å². The van der Waals surface area contributed by atoms with E-state index in [0.717, 1.165) is 29.3 Å². The van der Waals surface area contributed by atoms with Crippen LogP contribution < -0.4 is 0 Å². The van der Waals surface area contributed by atoms with E-state index in [9.17, 15) is 18.5 Å². The molecule has 0 bridgehead atoms. The van der Waals surface area contributed by atoms with E-state index in [1.807, 2.05) is 30.3 Å². The van der Waals surface area contributed by atoms with Crippen molar-refractivity contribution in [3.63, 3.8) is 0 Å². The molecule has 8 heteroatoms. The first-order chi connectivity index (χ1) is 12.0. The average molecular weight is 472 g/mol. The average Bonchev–Trinajstić information content (AvgIpc) is 3.34. The van der Waals surface area contributed by atoms with Gasteiger partial charge in [0.2, 0.25) is 0 Å². The number of halogens is 1. The topological polar surface area (TPSA) is 80.3 Å². The predicted molar refractivity (Wildman–Crippen MR) is 103 cm³/mol. The zero-order chi connectivity index (χ0) is 17.7. The molecule has 4 rings (SSSR count). The number of fused-ring (bicyclic) bond motifs is 1. The van der Waals surface area contributed by atoms with Crippen molar-refractivity contribution in [2.45, 2.75) is 27.7 Å². The van der Waals surface area contributed by atoms with Crippen LogP contribution in [0, 0.1) is 10.1 Å². The van der Waals surface area contributed by atoms with Gasteiger partial charge >= 0.3 is 154 Å². The third-order valence-corrected chi connectivity index (χ3v) is 16.2. The Balaban J connectivity index is 1.74. The molecule has 2 unspecified atom stereocenters. The van der Waals surface area contributed by atoms with E-state index in [4.69, 9.17) is 0 Å². The molecule has 2 aromatic rings. The van der Waals surface area contributed by atoms with Gasteiger partial charge in [0.05, 0.1) is 0 Å². The first-order valence-corrected chi connectivity index (χ1v) is 13.0. The second-order valence-electron chi connectivity index (χ2n) is 6.08. The predicted octanol–water partition coefficient (Wildman–Crippen LogP) is 4.06. The Morgan fingerprint density at radius 3 is 2.36 bits per heavy atom. The molecule has 0 saturated carbocycles. The monoisotopic (exact) mass is 472 g/mol. The van der Waals surface area contributed by atoms with Crippen LogP contribution in [-0.4, -0.2) is 20.3 Å². The molecule has 2 aromatic carbocycles. The number of alkyl halides is 2. The van der Waals surface area contributed by atoms with Crippen molar-refractivity contribution < 1.29 is 13.3 Å². The van der Waals surface area contributed by atoms with Gasteiger partial charge in [-0.3, -0.25) is 0 Å². The molecule has 0 N–H and O–H groups in total. The summed E-state index contributed by atoms with van der Waals surface area (Å²) in [6.45, 7) is 0. The van der Waals surface area contributed by atoms with E-state index >= 15 is 0 Å². The number of rotatable bonds is 4. The Kier molecular flexibility index (Phi) is 4.08. The Hall–Kier alpha value is -1.52. The summed E-state index contributed by atoms with van der Waals surface area (Å²) in [6.07, 6.45) is 3.01. The van der Waals surface area contributed by atoms with Crippen LogP contribution in [0.4, 0.5) is 5.69 Å². The molecule has 0 radical (unpaired) electrons. The molecule has 2 heterocycles. The van der Waals surface area contributed by atoms with Crippen molar-refractivity contribution in [3.05, 3.63) is 70.3 Å². The summed E-state index contributed by atoms with van der Waals surface area (Å²) in [7, 11) is -3.62. The number of hydrogen-bond acceptors (Lipinski definition) is 4. The summed E-state index contributed by atoms with van der Waals surface area (Å²) >= 11 is -1.82. The van der Waals surface area contributed by atoms with Gasteiger partial charge in [-0.15, -0.1) is 0 Å². The van der Waals surface area contributed by atoms with Crippen molar-refractivity contribution in [1.29, 1.82) is 0 Å². The van der Waals surface area contributed by atoms with Crippen molar-refractivity contribution >= 4 is 35.8 Å². The first kappa shape index (κ1) is 16.9. The Labute approximate surface area is 153 Å². The van der Waals surface area contributed by atoms with Crippen LogP contribution in [0.5, 0.6) is 0 Å². The number of nitro benzene ring substituents is 1. The van der Waals surface area contributed by atoms with E-state index in [1.165, 1.54) is 24.3 Å². The normalized spacial score (nSPS) is 26.7. The second kappa shape index (κ2) is 6.03. The number of hydrogen-bond donors (Lipinski definition) is 0. The summed E-state index contributed by atoms with van der Waals surface area (Å²) in [4.78, 5) is 10.4. The fraction of sp³-hybridized carbons (Fsp3) is 0.294. The number of sulfonamides is 1. The van der Waals surface area contributed by atoms with Crippen LogP contribution in [0.15, 0.2) is 59.5 Å². The molecule has 2 aliphatic heterocycles. The van der Waals surface area contributed by atoms with Gasteiger partial charge in [0.25, 0.3) is 0 Å². The maximum atomic E-state index is 13.2. The van der Waals surface area contributed by atoms with Gasteiger partial charge in [-0.1, -0.05) is 0 Å². The summed E-state index contributed by atoms with van der Waals surface area (Å²) < 4.78 is 28.9. The number of non-ortho nitro benzene ring substituents is 1. The van der Waals surface area contributed by atoms with Crippen molar-refractivity contribution in [1.82, 2.24) is 2.52 Å². The minimum absolute atomic E-state index is 0.0984. The van der Waals surface area contributed by atoms with Crippen LogP contribution in [0.1, 0.15) is 24.8 Å². The minimum atomic E-state index is -3.62. The van der Waals surface area contributed by atoms with Gasteiger partial charge in [-0.25, -0.2) is 0 Å². The first-order valence-electron chi connectivity index (χ1n) is 7.99. The Morgan fingerprint density at radius 2 is 1.72 bits per heavy atom. The molecule has 25 heavy (non-hydrogen) atoms. The summed E-state index contributed by atoms with van der Waals surface area (Å²) in [5.41, 5.74) is 1.00. The fourth-order valence-corrected chi connectivity index (χ4v) is 17.1. The van der Waals surface area contributed by atoms with Gasteiger partial charge in [-0.05, 0) is 0 Å². The molecular formula is C17H17IN2O4S. The zero-order valence-corrected chi connectivity index (χ0v) is 16.3. The van der Waals surface area contributed by atoms with Gasteiger partial charge in [0, 0.05) is 0 Å². The van der Waals surface area contributed by atoms with Gasteiger partial charge in [0.15, 0.2) is 0 Å². The molecule has 0 aliphatic carbocycles. The van der Waals surface area contributed by atoms with Gasteiger partial charge < -0.3 is 0 Å². The van der Waals surface area contributed by atoms with Crippen LogP contribution >= 0.6 is 20.1 Å². The molecule has 2 atom stereocenters. The van der Waals surface area contributed by atoms with Crippen LogP contribution in [0.2, 0.25) is 0 Å². The Morgan fingerprint density at radius 1 is 1.04 bits per heavy atom. The molecule has 6 nitrogen and oxygen atoms in total. The zero-order valence-electron chi connectivity index (χ0n) is 13.3. The van der Waals surface area contributed by atoms with E-state index in [1.54, 1.807) is 2.52 Å². The number of nitrogens with zero attached hydrogens (tertiary/aromatic N) is 2. The quantitative estimate of drug-likeness (QED) is 0.128. The summed E-state index contributed by atoms with van der Waals surface area (Å²) in [5.74, 6) is 0. The second-order valence-corrected chi connectivity index (χ2v) is 14.3. The number of benzene rings is 2. The van der Waals surface area contributed by atoms with Gasteiger partial charge in [0.1, 0.15) is 0 Å². The van der Waals surface area contributed by atoms with E-state index < -0.39 is 35.0 Å². The standard InChI is InChI=1S/C17H17IN2O4S/c21-19(22)15-8-10-16(11-9-15)25(23,24)20-17(12-4-5-13-18(17)20)14-6-2-1-3-7-14/h1-3,6-11H,4-5,12-13H2. The third-order valence-electron chi connectivity index (χ3n) is 4.64.